The minimum atomic E-state index is -1.43. The van der Waals surface area contributed by atoms with Gasteiger partial charge in [-0.15, -0.1) is 0 Å². The van der Waals surface area contributed by atoms with E-state index in [0.717, 1.165) is 11.1 Å². The fourth-order valence-electron chi connectivity index (χ4n) is 1.90. The molecule has 0 bridgehead atoms. The van der Waals surface area contributed by atoms with Gasteiger partial charge in [-0.3, -0.25) is 4.79 Å². The molecule has 0 aliphatic rings. The summed E-state index contributed by atoms with van der Waals surface area (Å²) in [6, 6.07) is 18.6. The van der Waals surface area contributed by atoms with E-state index in [2.05, 4.69) is 0 Å². The van der Waals surface area contributed by atoms with E-state index in [1.54, 1.807) is 6.08 Å². The zero-order valence-corrected chi connectivity index (χ0v) is 10.8. The number of hydrogen-bond donors (Lipinski definition) is 1. The molecule has 0 aliphatic heterocycles. The maximum absolute atomic E-state index is 11.8. The molecule has 0 heterocycles. The van der Waals surface area contributed by atoms with Crippen molar-refractivity contribution in [1.29, 1.82) is 0 Å². The van der Waals surface area contributed by atoms with Crippen LogP contribution in [0.15, 0.2) is 66.2 Å². The number of Topliss-reactive ketones (excluding diaryl/α,β-unsaturated/α-hetero) is 1. The Morgan fingerprint density at radius 2 is 1.45 bits per heavy atom. The lowest BCUT2D eigenvalue weighted by atomic mass is 9.99. The number of carbonyl (C=O) groups excluding carboxylic acids is 1. The molecule has 2 rings (SSSR count). The molecule has 0 fully saturated rings. The van der Waals surface area contributed by atoms with Gasteiger partial charge in [-0.2, -0.15) is 0 Å². The Hall–Kier alpha value is -2.68. The van der Waals surface area contributed by atoms with Crippen LogP contribution in [0.2, 0.25) is 0 Å². The molecule has 100 valence electrons. The van der Waals surface area contributed by atoms with Crippen LogP contribution < -0.4 is 0 Å². The number of benzene rings is 2. The summed E-state index contributed by atoms with van der Waals surface area (Å²) >= 11 is 0. The molecule has 2 aromatic rings. The van der Waals surface area contributed by atoms with E-state index in [1.165, 1.54) is 0 Å². The second kappa shape index (κ2) is 6.48. The SMILES string of the molecule is O=C(O)C(=O)C(=Cc1ccccc1)Cc1ccccc1. The van der Waals surface area contributed by atoms with Crippen molar-refractivity contribution in [2.75, 3.05) is 0 Å². The second-order valence-corrected chi connectivity index (χ2v) is 4.38. The first-order valence-corrected chi connectivity index (χ1v) is 6.24. The van der Waals surface area contributed by atoms with Crippen molar-refractivity contribution in [3.63, 3.8) is 0 Å². The molecule has 20 heavy (non-hydrogen) atoms. The van der Waals surface area contributed by atoms with Crippen LogP contribution in [0.5, 0.6) is 0 Å². The molecule has 0 atom stereocenters. The van der Waals surface area contributed by atoms with Crippen molar-refractivity contribution >= 4 is 17.8 Å². The fourth-order valence-corrected chi connectivity index (χ4v) is 1.90. The van der Waals surface area contributed by atoms with E-state index in [9.17, 15) is 9.59 Å². The van der Waals surface area contributed by atoms with Crippen LogP contribution in [0.25, 0.3) is 6.08 Å². The summed E-state index contributed by atoms with van der Waals surface area (Å²) in [5, 5.41) is 8.92. The van der Waals surface area contributed by atoms with Crippen molar-refractivity contribution < 1.29 is 14.7 Å². The van der Waals surface area contributed by atoms with Crippen molar-refractivity contribution in [3.8, 4) is 0 Å². The van der Waals surface area contributed by atoms with Crippen LogP contribution in [0.3, 0.4) is 0 Å². The van der Waals surface area contributed by atoms with Gasteiger partial charge in [0.1, 0.15) is 0 Å². The minimum absolute atomic E-state index is 0.273. The van der Waals surface area contributed by atoms with E-state index < -0.39 is 11.8 Å². The van der Waals surface area contributed by atoms with Crippen molar-refractivity contribution in [3.05, 3.63) is 77.4 Å². The first-order valence-electron chi connectivity index (χ1n) is 6.24. The van der Waals surface area contributed by atoms with Crippen LogP contribution in [0, 0.1) is 0 Å². The summed E-state index contributed by atoms with van der Waals surface area (Å²) in [4.78, 5) is 22.7. The third kappa shape index (κ3) is 3.65. The molecule has 0 aromatic heterocycles. The van der Waals surface area contributed by atoms with Crippen LogP contribution in [-0.2, 0) is 16.0 Å². The van der Waals surface area contributed by atoms with Crippen LogP contribution in [-0.4, -0.2) is 16.9 Å². The lowest BCUT2D eigenvalue weighted by Gasteiger charge is -2.05. The largest absolute Gasteiger partial charge is 0.475 e. The lowest BCUT2D eigenvalue weighted by molar-refractivity contribution is -0.147. The van der Waals surface area contributed by atoms with Gasteiger partial charge in [0.25, 0.3) is 5.78 Å². The van der Waals surface area contributed by atoms with Crippen molar-refractivity contribution in [2.45, 2.75) is 6.42 Å². The Kier molecular flexibility index (Phi) is 4.45. The van der Waals surface area contributed by atoms with E-state index >= 15 is 0 Å². The maximum Gasteiger partial charge on any atom is 0.376 e. The van der Waals surface area contributed by atoms with Gasteiger partial charge in [0.05, 0.1) is 0 Å². The van der Waals surface area contributed by atoms with Gasteiger partial charge < -0.3 is 5.11 Å². The summed E-state index contributed by atoms with van der Waals surface area (Å²) in [5.41, 5.74) is 1.99. The van der Waals surface area contributed by atoms with Crippen molar-refractivity contribution in [1.82, 2.24) is 0 Å². The number of carbonyl (C=O) groups is 2. The number of aliphatic carboxylic acids is 1. The van der Waals surface area contributed by atoms with E-state index in [4.69, 9.17) is 5.11 Å². The summed E-state index contributed by atoms with van der Waals surface area (Å²) in [7, 11) is 0. The molecule has 0 saturated heterocycles. The molecule has 2 aromatic carbocycles. The van der Waals surface area contributed by atoms with Gasteiger partial charge in [-0.05, 0) is 17.2 Å². The van der Waals surface area contributed by atoms with Crippen LogP contribution >= 0.6 is 0 Å². The fraction of sp³-hybridized carbons (Fsp3) is 0.0588. The molecule has 1 N–H and O–H groups in total. The summed E-state index contributed by atoms with van der Waals surface area (Å²) < 4.78 is 0. The Bertz CT molecular complexity index is 628. The van der Waals surface area contributed by atoms with Gasteiger partial charge in [-0.25, -0.2) is 4.79 Å². The predicted octanol–water partition coefficient (Wildman–Crippen LogP) is 2.97. The molecule has 0 radical (unpaired) electrons. The van der Waals surface area contributed by atoms with Crippen molar-refractivity contribution in [2.24, 2.45) is 0 Å². The quantitative estimate of drug-likeness (QED) is 0.668. The van der Waals surface area contributed by atoms with Crippen LogP contribution in [0.4, 0.5) is 0 Å². The molecule has 0 amide bonds. The highest BCUT2D eigenvalue weighted by Crippen LogP contribution is 2.14. The Morgan fingerprint density at radius 3 is 2.00 bits per heavy atom. The van der Waals surface area contributed by atoms with E-state index in [1.807, 2.05) is 60.7 Å². The average Bonchev–Trinajstić information content (AvgIpc) is 2.48. The summed E-state index contributed by atoms with van der Waals surface area (Å²) in [6.45, 7) is 0. The molecular formula is C17H14O3. The topological polar surface area (TPSA) is 54.4 Å². The minimum Gasteiger partial charge on any atom is -0.475 e. The number of carboxylic acid groups (broad SMARTS) is 1. The predicted molar refractivity (Wildman–Crippen MR) is 77.2 cm³/mol. The molecule has 0 aliphatic carbocycles. The van der Waals surface area contributed by atoms with Gasteiger partial charge in [0.2, 0.25) is 0 Å². The molecular weight excluding hydrogens is 252 g/mol. The molecule has 0 saturated carbocycles. The Balaban J connectivity index is 2.33. The number of carboxylic acids is 1. The third-order valence-corrected chi connectivity index (χ3v) is 2.86. The zero-order valence-electron chi connectivity index (χ0n) is 10.8. The van der Waals surface area contributed by atoms with Gasteiger partial charge in [0, 0.05) is 12.0 Å². The van der Waals surface area contributed by atoms with Gasteiger partial charge >= 0.3 is 5.97 Å². The third-order valence-electron chi connectivity index (χ3n) is 2.86. The Morgan fingerprint density at radius 1 is 0.900 bits per heavy atom. The highest BCUT2D eigenvalue weighted by atomic mass is 16.4. The van der Waals surface area contributed by atoms with E-state index in [-0.39, 0.29) is 5.57 Å². The number of rotatable bonds is 5. The van der Waals surface area contributed by atoms with Gasteiger partial charge in [-0.1, -0.05) is 60.7 Å². The summed E-state index contributed by atoms with van der Waals surface area (Å²) in [6.07, 6.45) is 1.93. The second-order valence-electron chi connectivity index (χ2n) is 4.38. The lowest BCUT2D eigenvalue weighted by Crippen LogP contribution is -2.16. The summed E-state index contributed by atoms with van der Waals surface area (Å²) in [5.74, 6) is -2.29. The smallest absolute Gasteiger partial charge is 0.376 e. The number of hydrogen-bond acceptors (Lipinski definition) is 2. The van der Waals surface area contributed by atoms with E-state index in [0.29, 0.717) is 6.42 Å². The van der Waals surface area contributed by atoms with Gasteiger partial charge in [0.15, 0.2) is 0 Å². The normalized spacial score (nSPS) is 11.1. The average molecular weight is 266 g/mol. The Labute approximate surface area is 117 Å². The first-order chi connectivity index (χ1) is 9.66. The molecule has 0 unspecified atom stereocenters. The number of ketones is 1. The monoisotopic (exact) mass is 266 g/mol. The van der Waals surface area contributed by atoms with Crippen LogP contribution in [0.1, 0.15) is 11.1 Å². The molecule has 0 spiro atoms. The molecule has 3 nitrogen and oxygen atoms in total. The zero-order chi connectivity index (χ0) is 14.4. The molecule has 3 heteroatoms. The highest BCUT2D eigenvalue weighted by molar-refractivity contribution is 6.40. The maximum atomic E-state index is 11.8. The standard InChI is InChI=1S/C17H14O3/c18-16(17(19)20)15(11-13-7-3-1-4-8-13)12-14-9-5-2-6-10-14/h1-11H,12H2,(H,19,20). The highest BCUT2D eigenvalue weighted by Gasteiger charge is 2.17. The first kappa shape index (κ1) is 13.7.